The van der Waals surface area contributed by atoms with E-state index in [4.69, 9.17) is 0 Å². The number of benzene rings is 1. The quantitative estimate of drug-likeness (QED) is 0.610. The van der Waals surface area contributed by atoms with Crippen molar-refractivity contribution in [1.29, 1.82) is 0 Å². The van der Waals surface area contributed by atoms with Gasteiger partial charge in [-0.15, -0.1) is 0 Å². The highest BCUT2D eigenvalue weighted by Crippen LogP contribution is 2.23. The Morgan fingerprint density at radius 3 is 2.46 bits per heavy atom. The molecule has 1 aliphatic rings. The first-order valence-electron chi connectivity index (χ1n) is 8.84. The number of nitrogens with zero attached hydrogens (tertiary/aromatic N) is 1. The standard InChI is InChI=1S/C18H29N3O2S/c1-3-19-18(21-16-11-9-15(2)10-12-16)20-13-14-24(22,23)17-7-5-4-6-8-17/h4-8,15-16H,3,9-14H2,1-2H3,(H2,19,20,21). The van der Waals surface area contributed by atoms with Crippen molar-refractivity contribution in [2.24, 2.45) is 10.9 Å². The Morgan fingerprint density at radius 2 is 1.83 bits per heavy atom. The van der Waals surface area contributed by atoms with Gasteiger partial charge in [-0.05, 0) is 50.7 Å². The molecule has 0 amide bonds. The minimum Gasteiger partial charge on any atom is -0.357 e. The van der Waals surface area contributed by atoms with Crippen LogP contribution in [0.15, 0.2) is 40.2 Å². The van der Waals surface area contributed by atoms with Crippen LogP contribution in [0.2, 0.25) is 0 Å². The van der Waals surface area contributed by atoms with E-state index < -0.39 is 9.84 Å². The van der Waals surface area contributed by atoms with Gasteiger partial charge in [0.2, 0.25) is 0 Å². The molecule has 0 saturated heterocycles. The van der Waals surface area contributed by atoms with E-state index in [9.17, 15) is 8.42 Å². The normalized spacial score (nSPS) is 22.2. The van der Waals surface area contributed by atoms with Gasteiger partial charge in [0.1, 0.15) is 0 Å². The minimum absolute atomic E-state index is 0.0231. The van der Waals surface area contributed by atoms with Gasteiger partial charge in [0.05, 0.1) is 17.2 Å². The summed E-state index contributed by atoms with van der Waals surface area (Å²) in [7, 11) is -3.27. The molecule has 1 fully saturated rings. The largest absolute Gasteiger partial charge is 0.357 e. The van der Waals surface area contributed by atoms with Crippen LogP contribution in [0.5, 0.6) is 0 Å². The van der Waals surface area contributed by atoms with Crippen molar-refractivity contribution in [2.45, 2.75) is 50.5 Å². The molecule has 0 bridgehead atoms. The van der Waals surface area contributed by atoms with Gasteiger partial charge in [-0.25, -0.2) is 8.42 Å². The molecule has 0 aliphatic heterocycles. The maximum atomic E-state index is 12.3. The number of nitrogens with one attached hydrogen (secondary N) is 2. The molecule has 0 aromatic heterocycles. The first kappa shape index (κ1) is 18.8. The van der Waals surface area contributed by atoms with Gasteiger partial charge in [0.15, 0.2) is 15.8 Å². The molecule has 24 heavy (non-hydrogen) atoms. The fraction of sp³-hybridized carbons (Fsp3) is 0.611. The van der Waals surface area contributed by atoms with Gasteiger partial charge in [0, 0.05) is 12.6 Å². The maximum Gasteiger partial charge on any atom is 0.191 e. The average molecular weight is 352 g/mol. The third-order valence-corrected chi connectivity index (χ3v) is 6.14. The van der Waals surface area contributed by atoms with Gasteiger partial charge in [-0.2, -0.15) is 0 Å². The number of rotatable bonds is 6. The van der Waals surface area contributed by atoms with Gasteiger partial charge in [-0.1, -0.05) is 25.1 Å². The van der Waals surface area contributed by atoms with Crippen LogP contribution >= 0.6 is 0 Å². The van der Waals surface area contributed by atoms with Gasteiger partial charge in [0.25, 0.3) is 0 Å². The van der Waals surface area contributed by atoms with Gasteiger partial charge in [-0.3, -0.25) is 4.99 Å². The van der Waals surface area contributed by atoms with E-state index >= 15 is 0 Å². The molecular formula is C18H29N3O2S. The summed E-state index contributed by atoms with van der Waals surface area (Å²) in [5.41, 5.74) is 0. The maximum absolute atomic E-state index is 12.3. The number of hydrogen-bond acceptors (Lipinski definition) is 3. The van der Waals surface area contributed by atoms with Crippen molar-refractivity contribution in [3.63, 3.8) is 0 Å². The molecule has 6 heteroatoms. The van der Waals surface area contributed by atoms with Crippen molar-refractivity contribution in [3.8, 4) is 0 Å². The van der Waals surface area contributed by atoms with E-state index in [-0.39, 0.29) is 12.3 Å². The fourth-order valence-corrected chi connectivity index (χ4v) is 4.08. The zero-order valence-electron chi connectivity index (χ0n) is 14.7. The summed E-state index contributed by atoms with van der Waals surface area (Å²) in [6.07, 6.45) is 4.76. The number of sulfone groups is 1. The van der Waals surface area contributed by atoms with Crippen molar-refractivity contribution in [1.82, 2.24) is 10.6 Å². The summed E-state index contributed by atoms with van der Waals surface area (Å²) >= 11 is 0. The second kappa shape index (κ2) is 9.06. The van der Waals surface area contributed by atoms with Gasteiger partial charge < -0.3 is 10.6 Å². The highest BCUT2D eigenvalue weighted by atomic mass is 32.2. The molecule has 0 unspecified atom stereocenters. The Balaban J connectivity index is 1.91. The first-order valence-corrected chi connectivity index (χ1v) is 10.5. The lowest BCUT2D eigenvalue weighted by Crippen LogP contribution is -2.45. The van der Waals surface area contributed by atoms with Crippen LogP contribution in [0, 0.1) is 5.92 Å². The Bertz CT molecular complexity index is 621. The molecular weight excluding hydrogens is 322 g/mol. The molecule has 2 rings (SSSR count). The predicted molar refractivity (Wildman–Crippen MR) is 99.0 cm³/mol. The third kappa shape index (κ3) is 5.82. The van der Waals surface area contributed by atoms with E-state index in [1.165, 1.54) is 12.8 Å². The number of guanidine groups is 1. The highest BCUT2D eigenvalue weighted by Gasteiger charge is 2.19. The molecule has 134 valence electrons. The highest BCUT2D eigenvalue weighted by molar-refractivity contribution is 7.91. The third-order valence-electron chi connectivity index (χ3n) is 4.43. The predicted octanol–water partition coefficient (Wildman–Crippen LogP) is 2.59. The minimum atomic E-state index is -3.27. The first-order chi connectivity index (χ1) is 11.5. The smallest absolute Gasteiger partial charge is 0.191 e. The van der Waals surface area contributed by atoms with E-state index in [2.05, 4.69) is 22.5 Å². The Hall–Kier alpha value is -1.56. The topological polar surface area (TPSA) is 70.6 Å². The fourth-order valence-electron chi connectivity index (χ4n) is 2.94. The molecule has 0 spiro atoms. The molecule has 1 saturated carbocycles. The molecule has 1 aromatic carbocycles. The van der Waals surface area contributed by atoms with E-state index in [0.29, 0.717) is 10.9 Å². The summed E-state index contributed by atoms with van der Waals surface area (Å²) in [5.74, 6) is 1.55. The van der Waals surface area contributed by atoms with E-state index in [1.54, 1.807) is 24.3 Å². The monoisotopic (exact) mass is 351 g/mol. The average Bonchev–Trinajstić information content (AvgIpc) is 2.58. The lowest BCUT2D eigenvalue weighted by atomic mass is 9.87. The number of aliphatic imine (C=N–C) groups is 1. The summed E-state index contributed by atoms with van der Waals surface area (Å²) in [6, 6.07) is 8.99. The number of hydrogen-bond donors (Lipinski definition) is 2. The van der Waals surface area contributed by atoms with Crippen molar-refractivity contribution < 1.29 is 8.42 Å². The molecule has 0 atom stereocenters. The SMILES string of the molecule is CCNC(=NCCS(=O)(=O)c1ccccc1)NC1CCC(C)CC1. The second-order valence-electron chi connectivity index (χ2n) is 6.49. The Morgan fingerprint density at radius 1 is 1.17 bits per heavy atom. The van der Waals surface area contributed by atoms with Crippen LogP contribution in [0.1, 0.15) is 39.5 Å². The van der Waals surface area contributed by atoms with Crippen molar-refractivity contribution in [3.05, 3.63) is 30.3 Å². The second-order valence-corrected chi connectivity index (χ2v) is 8.60. The van der Waals surface area contributed by atoms with Crippen LogP contribution in [-0.2, 0) is 9.84 Å². The van der Waals surface area contributed by atoms with Crippen LogP contribution in [0.25, 0.3) is 0 Å². The van der Waals surface area contributed by atoms with E-state index in [0.717, 1.165) is 31.3 Å². The van der Waals surface area contributed by atoms with Crippen LogP contribution in [0.4, 0.5) is 0 Å². The molecule has 1 aliphatic carbocycles. The molecule has 5 nitrogen and oxygen atoms in total. The van der Waals surface area contributed by atoms with Crippen molar-refractivity contribution >= 4 is 15.8 Å². The lowest BCUT2D eigenvalue weighted by Gasteiger charge is -2.28. The molecule has 1 aromatic rings. The summed E-state index contributed by atoms with van der Waals surface area (Å²) < 4.78 is 24.6. The Kier molecular flexibility index (Phi) is 7.09. The Labute approximate surface area is 145 Å². The van der Waals surface area contributed by atoms with Crippen LogP contribution in [-0.4, -0.2) is 39.3 Å². The zero-order valence-corrected chi connectivity index (χ0v) is 15.5. The summed E-state index contributed by atoms with van der Waals surface area (Å²) in [5, 5.41) is 6.66. The molecule has 0 heterocycles. The molecule has 2 N–H and O–H groups in total. The van der Waals surface area contributed by atoms with E-state index in [1.807, 2.05) is 13.0 Å². The van der Waals surface area contributed by atoms with Crippen molar-refractivity contribution in [2.75, 3.05) is 18.8 Å². The molecule has 0 radical (unpaired) electrons. The van der Waals surface area contributed by atoms with Gasteiger partial charge >= 0.3 is 0 Å². The summed E-state index contributed by atoms with van der Waals surface area (Å²) in [4.78, 5) is 4.81. The zero-order chi connectivity index (χ0) is 17.4. The summed E-state index contributed by atoms with van der Waals surface area (Å²) in [6.45, 7) is 5.33. The van der Waals surface area contributed by atoms with Crippen LogP contribution in [0.3, 0.4) is 0 Å². The van der Waals surface area contributed by atoms with Crippen LogP contribution < -0.4 is 10.6 Å². The lowest BCUT2D eigenvalue weighted by molar-refractivity contribution is 0.329.